The topological polar surface area (TPSA) is 33.1 Å². The number of benzene rings is 1. The lowest BCUT2D eigenvalue weighted by molar-refractivity contribution is 0.561. The summed E-state index contributed by atoms with van der Waals surface area (Å²) in [4.78, 5) is 2.11. The van der Waals surface area contributed by atoms with Gasteiger partial charge in [0.15, 0.2) is 0 Å². The van der Waals surface area contributed by atoms with Crippen molar-refractivity contribution < 1.29 is 0 Å². The average molecular weight is 307 g/mol. The number of likely N-dealkylation sites (N-methyl/N-ethyl adjacent to an activating group) is 1. The standard InChI is InChI=1S/C16H23ClN4/c1-11-16(17)15(21(5)19-11)10-14(18-2)12-7-6-8-13(9-12)20(3)4/h6-9,14,18H,10H2,1-5H3. The molecule has 1 heterocycles. The first-order valence-electron chi connectivity index (χ1n) is 7.06. The highest BCUT2D eigenvalue weighted by Crippen LogP contribution is 2.27. The molecule has 1 aromatic carbocycles. The molecule has 0 spiro atoms. The van der Waals surface area contributed by atoms with Crippen LogP contribution in [0.2, 0.25) is 5.02 Å². The predicted molar refractivity (Wildman–Crippen MR) is 89.2 cm³/mol. The minimum atomic E-state index is 0.206. The molecule has 0 radical (unpaired) electrons. The van der Waals surface area contributed by atoms with Gasteiger partial charge in [0.1, 0.15) is 0 Å². The number of halogens is 1. The predicted octanol–water partition coefficient (Wildman–Crippen LogP) is 2.95. The maximum Gasteiger partial charge on any atom is 0.0847 e. The molecule has 0 aliphatic carbocycles. The van der Waals surface area contributed by atoms with Crippen LogP contribution in [-0.2, 0) is 13.5 Å². The van der Waals surface area contributed by atoms with E-state index in [2.05, 4.69) is 53.7 Å². The number of hydrogen-bond acceptors (Lipinski definition) is 3. The molecule has 1 atom stereocenters. The molecule has 0 fully saturated rings. The van der Waals surface area contributed by atoms with Crippen molar-refractivity contribution in [2.24, 2.45) is 7.05 Å². The molecule has 1 aromatic heterocycles. The molecule has 0 aliphatic rings. The lowest BCUT2D eigenvalue weighted by Crippen LogP contribution is -2.21. The summed E-state index contributed by atoms with van der Waals surface area (Å²) in [5.41, 5.74) is 4.38. The molecule has 0 amide bonds. The normalized spacial score (nSPS) is 12.5. The first-order valence-corrected chi connectivity index (χ1v) is 7.44. The molecule has 0 aliphatic heterocycles. The zero-order chi connectivity index (χ0) is 15.6. The zero-order valence-electron chi connectivity index (χ0n) is 13.3. The van der Waals surface area contributed by atoms with E-state index >= 15 is 0 Å². The quantitative estimate of drug-likeness (QED) is 0.922. The Balaban J connectivity index is 2.30. The molecule has 2 rings (SSSR count). The van der Waals surface area contributed by atoms with Gasteiger partial charge in [-0.05, 0) is 31.7 Å². The Bertz CT molecular complexity index is 619. The van der Waals surface area contributed by atoms with Gasteiger partial charge in [0.05, 0.1) is 16.4 Å². The van der Waals surface area contributed by atoms with E-state index < -0.39 is 0 Å². The molecular weight excluding hydrogens is 284 g/mol. The van der Waals surface area contributed by atoms with E-state index in [1.807, 2.05) is 25.7 Å². The average Bonchev–Trinajstić information content (AvgIpc) is 2.70. The van der Waals surface area contributed by atoms with Crippen LogP contribution in [0.5, 0.6) is 0 Å². The summed E-state index contributed by atoms with van der Waals surface area (Å²) >= 11 is 6.36. The Morgan fingerprint density at radius 2 is 2.10 bits per heavy atom. The van der Waals surface area contributed by atoms with Gasteiger partial charge in [-0.25, -0.2) is 0 Å². The summed E-state index contributed by atoms with van der Waals surface area (Å²) in [5, 5.41) is 8.53. The third kappa shape index (κ3) is 3.39. The molecule has 2 aromatic rings. The fraction of sp³-hybridized carbons (Fsp3) is 0.438. The zero-order valence-corrected chi connectivity index (χ0v) is 14.1. The van der Waals surface area contributed by atoms with Crippen LogP contribution in [0, 0.1) is 6.92 Å². The molecule has 0 bridgehead atoms. The van der Waals surface area contributed by atoms with Crippen LogP contribution in [-0.4, -0.2) is 30.9 Å². The van der Waals surface area contributed by atoms with E-state index in [1.165, 1.54) is 11.3 Å². The molecule has 0 saturated carbocycles. The van der Waals surface area contributed by atoms with Gasteiger partial charge in [-0.15, -0.1) is 0 Å². The molecule has 1 unspecified atom stereocenters. The minimum Gasteiger partial charge on any atom is -0.378 e. The highest BCUT2D eigenvalue weighted by atomic mass is 35.5. The van der Waals surface area contributed by atoms with E-state index in [0.717, 1.165) is 22.8 Å². The number of rotatable bonds is 5. The van der Waals surface area contributed by atoms with Crippen molar-refractivity contribution in [3.63, 3.8) is 0 Å². The van der Waals surface area contributed by atoms with Gasteiger partial charge in [-0.2, -0.15) is 5.10 Å². The first kappa shape index (κ1) is 15.9. The van der Waals surface area contributed by atoms with Gasteiger partial charge in [0.2, 0.25) is 0 Å². The number of nitrogens with one attached hydrogen (secondary N) is 1. The molecule has 5 heteroatoms. The summed E-state index contributed by atoms with van der Waals surface area (Å²) < 4.78 is 1.87. The van der Waals surface area contributed by atoms with Crippen molar-refractivity contribution in [1.29, 1.82) is 0 Å². The van der Waals surface area contributed by atoms with Gasteiger partial charge < -0.3 is 10.2 Å². The summed E-state index contributed by atoms with van der Waals surface area (Å²) in [6.45, 7) is 1.94. The lowest BCUT2D eigenvalue weighted by atomic mass is 10.0. The Morgan fingerprint density at radius 3 is 2.62 bits per heavy atom. The van der Waals surface area contributed by atoms with Crippen molar-refractivity contribution in [2.75, 3.05) is 26.0 Å². The smallest absolute Gasteiger partial charge is 0.0847 e. The second kappa shape index (κ2) is 6.50. The van der Waals surface area contributed by atoms with Gasteiger partial charge in [0.25, 0.3) is 0 Å². The number of aromatic nitrogens is 2. The fourth-order valence-electron chi connectivity index (χ4n) is 2.50. The van der Waals surface area contributed by atoms with Crippen LogP contribution in [0.25, 0.3) is 0 Å². The fourth-order valence-corrected chi connectivity index (χ4v) is 2.74. The second-order valence-electron chi connectivity index (χ2n) is 5.50. The third-order valence-electron chi connectivity index (χ3n) is 3.80. The Kier molecular flexibility index (Phi) is 4.91. The molecule has 4 nitrogen and oxygen atoms in total. The Hall–Kier alpha value is -1.52. The van der Waals surface area contributed by atoms with Crippen molar-refractivity contribution in [3.05, 3.63) is 46.2 Å². The summed E-state index contributed by atoms with van der Waals surface area (Å²) in [6.07, 6.45) is 0.809. The molecule has 0 saturated heterocycles. The first-order chi connectivity index (χ1) is 9.93. The Morgan fingerprint density at radius 1 is 1.38 bits per heavy atom. The SMILES string of the molecule is CNC(Cc1c(Cl)c(C)nn1C)c1cccc(N(C)C)c1. The van der Waals surface area contributed by atoms with E-state index in [9.17, 15) is 0 Å². The Labute approximate surface area is 131 Å². The highest BCUT2D eigenvalue weighted by Gasteiger charge is 2.17. The van der Waals surface area contributed by atoms with Crippen LogP contribution >= 0.6 is 11.6 Å². The van der Waals surface area contributed by atoms with Gasteiger partial charge in [-0.3, -0.25) is 4.68 Å². The van der Waals surface area contributed by atoms with Crippen LogP contribution < -0.4 is 10.2 Å². The molecule has 114 valence electrons. The summed E-state index contributed by atoms with van der Waals surface area (Å²) in [7, 11) is 8.02. The summed E-state index contributed by atoms with van der Waals surface area (Å²) in [5.74, 6) is 0. The van der Waals surface area contributed by atoms with Crippen LogP contribution in [0.1, 0.15) is 23.0 Å². The highest BCUT2D eigenvalue weighted by molar-refractivity contribution is 6.31. The number of aryl methyl sites for hydroxylation is 2. The van der Waals surface area contributed by atoms with E-state index in [4.69, 9.17) is 11.6 Å². The van der Waals surface area contributed by atoms with Gasteiger partial charge in [0, 0.05) is 39.3 Å². The van der Waals surface area contributed by atoms with Crippen molar-refractivity contribution in [1.82, 2.24) is 15.1 Å². The minimum absolute atomic E-state index is 0.206. The maximum atomic E-state index is 6.36. The maximum absolute atomic E-state index is 6.36. The van der Waals surface area contributed by atoms with Crippen LogP contribution in [0.3, 0.4) is 0 Å². The van der Waals surface area contributed by atoms with E-state index in [1.54, 1.807) is 0 Å². The number of anilines is 1. The summed E-state index contributed by atoms with van der Waals surface area (Å²) in [6, 6.07) is 8.75. The third-order valence-corrected chi connectivity index (χ3v) is 4.29. The lowest BCUT2D eigenvalue weighted by Gasteiger charge is -2.20. The molecule has 21 heavy (non-hydrogen) atoms. The monoisotopic (exact) mass is 306 g/mol. The molecular formula is C16H23ClN4. The molecule has 1 N–H and O–H groups in total. The van der Waals surface area contributed by atoms with Crippen molar-refractivity contribution in [3.8, 4) is 0 Å². The van der Waals surface area contributed by atoms with Crippen molar-refractivity contribution >= 4 is 17.3 Å². The largest absolute Gasteiger partial charge is 0.378 e. The van der Waals surface area contributed by atoms with Crippen molar-refractivity contribution in [2.45, 2.75) is 19.4 Å². The van der Waals surface area contributed by atoms with E-state index in [-0.39, 0.29) is 6.04 Å². The van der Waals surface area contributed by atoms with Gasteiger partial charge in [-0.1, -0.05) is 23.7 Å². The number of hydrogen-bond donors (Lipinski definition) is 1. The second-order valence-corrected chi connectivity index (χ2v) is 5.88. The van der Waals surface area contributed by atoms with E-state index in [0.29, 0.717) is 0 Å². The van der Waals surface area contributed by atoms with Gasteiger partial charge >= 0.3 is 0 Å². The van der Waals surface area contributed by atoms with Crippen LogP contribution in [0.4, 0.5) is 5.69 Å². The number of nitrogens with zero attached hydrogens (tertiary/aromatic N) is 3. The van der Waals surface area contributed by atoms with Crippen LogP contribution in [0.15, 0.2) is 24.3 Å².